The summed E-state index contributed by atoms with van der Waals surface area (Å²) in [5.74, 6) is -1.06. The average molecular weight is 304 g/mol. The molecule has 0 saturated heterocycles. The Bertz CT molecular complexity index is 772. The fraction of sp³-hybridized carbons (Fsp3) is 0.167. The molecule has 0 bridgehead atoms. The van der Waals surface area contributed by atoms with E-state index in [1.54, 1.807) is 0 Å². The SMILES string of the molecule is COC(=O)c1cccnc1-n1cnc(NNC(C)=O)nc1=O. The molecular weight excluding hydrogens is 292 g/mol. The van der Waals surface area contributed by atoms with E-state index in [0.29, 0.717) is 0 Å². The monoisotopic (exact) mass is 304 g/mol. The largest absolute Gasteiger partial charge is 0.465 e. The highest BCUT2D eigenvalue weighted by atomic mass is 16.5. The fourth-order valence-electron chi connectivity index (χ4n) is 1.54. The number of nitrogens with zero attached hydrogens (tertiary/aromatic N) is 4. The van der Waals surface area contributed by atoms with E-state index in [4.69, 9.17) is 0 Å². The normalized spacial score (nSPS) is 9.91. The van der Waals surface area contributed by atoms with Gasteiger partial charge in [0.1, 0.15) is 11.9 Å². The van der Waals surface area contributed by atoms with Gasteiger partial charge in [-0.05, 0) is 12.1 Å². The molecule has 0 aliphatic rings. The molecule has 114 valence electrons. The molecule has 2 aromatic heterocycles. The van der Waals surface area contributed by atoms with Crippen molar-refractivity contribution in [1.82, 2.24) is 24.9 Å². The summed E-state index contributed by atoms with van der Waals surface area (Å²) in [4.78, 5) is 45.9. The molecule has 10 heteroatoms. The van der Waals surface area contributed by atoms with Crippen LogP contribution in [-0.4, -0.2) is 38.5 Å². The summed E-state index contributed by atoms with van der Waals surface area (Å²) in [5.41, 5.74) is 3.97. The van der Waals surface area contributed by atoms with Crippen LogP contribution in [0.5, 0.6) is 0 Å². The highest BCUT2D eigenvalue weighted by Gasteiger charge is 2.16. The minimum Gasteiger partial charge on any atom is -0.465 e. The van der Waals surface area contributed by atoms with E-state index >= 15 is 0 Å². The zero-order valence-electron chi connectivity index (χ0n) is 11.7. The molecule has 2 aromatic rings. The fourth-order valence-corrected chi connectivity index (χ4v) is 1.54. The Hall–Kier alpha value is -3.30. The van der Waals surface area contributed by atoms with Crippen LogP contribution in [0.25, 0.3) is 5.82 Å². The average Bonchev–Trinajstić information content (AvgIpc) is 2.52. The minimum absolute atomic E-state index is 0.0467. The number of aromatic nitrogens is 4. The van der Waals surface area contributed by atoms with E-state index in [2.05, 4.69) is 30.5 Å². The number of hydrazine groups is 1. The standard InChI is InChI=1S/C12H12N6O4/c1-7(19)16-17-11-14-6-18(12(21)15-11)9-8(10(20)22-2)4-3-5-13-9/h3-6H,1-2H3,(H,16,19)(H,15,17,21). The number of esters is 1. The van der Waals surface area contributed by atoms with Crippen LogP contribution in [0.15, 0.2) is 29.5 Å². The number of carbonyl (C=O) groups is 2. The molecule has 10 nitrogen and oxygen atoms in total. The van der Waals surface area contributed by atoms with Gasteiger partial charge >= 0.3 is 11.7 Å². The maximum atomic E-state index is 12.0. The summed E-state index contributed by atoms with van der Waals surface area (Å²) in [7, 11) is 1.22. The van der Waals surface area contributed by atoms with Crippen LogP contribution < -0.4 is 16.5 Å². The second kappa shape index (κ2) is 6.43. The zero-order valence-corrected chi connectivity index (χ0v) is 11.7. The third-order valence-electron chi connectivity index (χ3n) is 2.47. The molecule has 2 heterocycles. The van der Waals surface area contributed by atoms with Crippen LogP contribution >= 0.6 is 0 Å². The molecule has 2 N–H and O–H groups in total. The highest BCUT2D eigenvalue weighted by Crippen LogP contribution is 2.10. The summed E-state index contributed by atoms with van der Waals surface area (Å²) < 4.78 is 5.62. The van der Waals surface area contributed by atoms with Crippen molar-refractivity contribution in [3.05, 3.63) is 40.7 Å². The van der Waals surface area contributed by atoms with Crippen molar-refractivity contribution in [1.29, 1.82) is 0 Å². The van der Waals surface area contributed by atoms with Gasteiger partial charge in [0.15, 0.2) is 5.82 Å². The van der Waals surface area contributed by atoms with Gasteiger partial charge in [-0.25, -0.2) is 24.1 Å². The highest BCUT2D eigenvalue weighted by molar-refractivity contribution is 5.92. The summed E-state index contributed by atoms with van der Waals surface area (Å²) in [6.07, 6.45) is 2.55. The maximum Gasteiger partial charge on any atom is 0.357 e. The number of ether oxygens (including phenoxy) is 1. The number of nitrogens with one attached hydrogen (secondary N) is 2. The smallest absolute Gasteiger partial charge is 0.357 e. The van der Waals surface area contributed by atoms with Crippen molar-refractivity contribution in [3.63, 3.8) is 0 Å². The summed E-state index contributed by atoms with van der Waals surface area (Å²) >= 11 is 0. The number of anilines is 1. The quantitative estimate of drug-likeness (QED) is 0.559. The van der Waals surface area contributed by atoms with Gasteiger partial charge in [0.25, 0.3) is 0 Å². The van der Waals surface area contributed by atoms with E-state index in [1.165, 1.54) is 32.4 Å². The van der Waals surface area contributed by atoms with Gasteiger partial charge < -0.3 is 4.74 Å². The van der Waals surface area contributed by atoms with E-state index in [0.717, 1.165) is 10.9 Å². The van der Waals surface area contributed by atoms with Gasteiger partial charge in [0.05, 0.1) is 7.11 Å². The van der Waals surface area contributed by atoms with Crippen molar-refractivity contribution in [2.24, 2.45) is 0 Å². The molecule has 0 fully saturated rings. The van der Waals surface area contributed by atoms with E-state index < -0.39 is 11.7 Å². The Morgan fingerprint density at radius 1 is 1.32 bits per heavy atom. The molecule has 0 aliphatic carbocycles. The molecule has 0 radical (unpaired) electrons. The molecule has 0 spiro atoms. The lowest BCUT2D eigenvalue weighted by Crippen LogP contribution is -2.31. The van der Waals surface area contributed by atoms with Gasteiger partial charge in [-0.2, -0.15) is 4.98 Å². The Labute approximate surface area is 124 Å². The van der Waals surface area contributed by atoms with Gasteiger partial charge in [0.2, 0.25) is 11.9 Å². The first kappa shape index (κ1) is 15.1. The number of carbonyl (C=O) groups excluding carboxylic acids is 2. The predicted octanol–water partition coefficient (Wildman–Crippen LogP) is -0.728. The van der Waals surface area contributed by atoms with Gasteiger partial charge in [0, 0.05) is 13.1 Å². The van der Waals surface area contributed by atoms with Crippen molar-refractivity contribution >= 4 is 17.8 Å². The molecule has 22 heavy (non-hydrogen) atoms. The number of hydrogen-bond donors (Lipinski definition) is 2. The van der Waals surface area contributed by atoms with Gasteiger partial charge in [-0.15, -0.1) is 0 Å². The Balaban J connectivity index is 2.40. The second-order valence-corrected chi connectivity index (χ2v) is 4.00. The number of amides is 1. The summed E-state index contributed by atoms with van der Waals surface area (Å²) in [6.45, 7) is 1.28. The molecule has 0 atom stereocenters. The second-order valence-electron chi connectivity index (χ2n) is 4.00. The number of hydrogen-bond acceptors (Lipinski definition) is 8. The topological polar surface area (TPSA) is 128 Å². The molecule has 2 rings (SSSR count). The van der Waals surface area contributed by atoms with E-state index in [-0.39, 0.29) is 23.2 Å². The molecule has 0 saturated carbocycles. The van der Waals surface area contributed by atoms with Crippen LogP contribution in [0.3, 0.4) is 0 Å². The van der Waals surface area contributed by atoms with Crippen LogP contribution in [0.1, 0.15) is 17.3 Å². The molecular formula is C12H12N6O4. The first-order chi connectivity index (χ1) is 10.5. The minimum atomic E-state index is -0.730. The van der Waals surface area contributed by atoms with Crippen LogP contribution in [0, 0.1) is 0 Å². The number of rotatable bonds is 4. The van der Waals surface area contributed by atoms with Gasteiger partial charge in [-0.3, -0.25) is 15.6 Å². The van der Waals surface area contributed by atoms with Crippen molar-refractivity contribution in [2.75, 3.05) is 12.5 Å². The number of pyridine rings is 1. The van der Waals surface area contributed by atoms with Gasteiger partial charge in [-0.1, -0.05) is 0 Å². The molecule has 0 aromatic carbocycles. The lowest BCUT2D eigenvalue weighted by molar-refractivity contribution is -0.118. The zero-order chi connectivity index (χ0) is 16.1. The maximum absolute atomic E-state index is 12.0. The van der Waals surface area contributed by atoms with E-state index in [9.17, 15) is 14.4 Å². The Kier molecular flexibility index (Phi) is 4.41. The molecule has 1 amide bonds. The van der Waals surface area contributed by atoms with Crippen molar-refractivity contribution in [2.45, 2.75) is 6.92 Å². The summed E-state index contributed by atoms with van der Waals surface area (Å²) in [5, 5.41) is 0. The lowest BCUT2D eigenvalue weighted by Gasteiger charge is -2.09. The Morgan fingerprint density at radius 3 is 2.73 bits per heavy atom. The first-order valence-electron chi connectivity index (χ1n) is 6.05. The van der Waals surface area contributed by atoms with Crippen molar-refractivity contribution in [3.8, 4) is 5.82 Å². The third kappa shape index (κ3) is 3.23. The lowest BCUT2D eigenvalue weighted by atomic mass is 10.2. The first-order valence-corrected chi connectivity index (χ1v) is 6.05. The van der Waals surface area contributed by atoms with Crippen LogP contribution in [0.2, 0.25) is 0 Å². The molecule has 0 unspecified atom stereocenters. The van der Waals surface area contributed by atoms with Crippen LogP contribution in [-0.2, 0) is 9.53 Å². The molecule has 0 aliphatic heterocycles. The summed E-state index contributed by atoms with van der Waals surface area (Å²) in [6, 6.07) is 3.00. The van der Waals surface area contributed by atoms with Crippen molar-refractivity contribution < 1.29 is 14.3 Å². The predicted molar refractivity (Wildman–Crippen MR) is 74.2 cm³/mol. The third-order valence-corrected chi connectivity index (χ3v) is 2.47. The van der Waals surface area contributed by atoms with E-state index in [1.807, 2.05) is 0 Å². The van der Waals surface area contributed by atoms with Crippen LogP contribution in [0.4, 0.5) is 5.95 Å². The Morgan fingerprint density at radius 2 is 2.09 bits per heavy atom. The number of methoxy groups -OCH3 is 1.